The summed E-state index contributed by atoms with van der Waals surface area (Å²) in [5.74, 6) is 0.584. The molecule has 2 rings (SSSR count). The number of nitrogens with zero attached hydrogens (tertiary/aromatic N) is 3. The van der Waals surface area contributed by atoms with Crippen LogP contribution in [0.3, 0.4) is 0 Å². The minimum Gasteiger partial charge on any atom is -0.355 e. The molecule has 5 nitrogen and oxygen atoms in total. The number of guanidine groups is 1. The van der Waals surface area contributed by atoms with Crippen molar-refractivity contribution >= 4 is 41.3 Å². The first-order valence-electron chi connectivity index (χ1n) is 8.14. The van der Waals surface area contributed by atoms with Gasteiger partial charge in [0, 0.05) is 25.0 Å². The molecule has 1 aromatic heterocycles. The molecule has 0 saturated carbocycles. The second kappa shape index (κ2) is 10.5. The molecular weight excluding hydrogens is 466 g/mol. The number of likely N-dealkylation sites (tertiary alicyclic amines) is 1. The third-order valence-electron chi connectivity index (χ3n) is 4.13. The Hall–Kier alpha value is -0.620. The van der Waals surface area contributed by atoms with Crippen LogP contribution in [0, 0.1) is 0 Å². The lowest BCUT2D eigenvalue weighted by Gasteiger charge is -2.35. The van der Waals surface area contributed by atoms with E-state index in [1.54, 1.807) is 7.05 Å². The zero-order chi connectivity index (χ0) is 17.6. The molecule has 0 spiro atoms. The summed E-state index contributed by atoms with van der Waals surface area (Å²) in [5.41, 5.74) is -0.840. The number of piperidine rings is 1. The van der Waals surface area contributed by atoms with Gasteiger partial charge in [0.2, 0.25) is 0 Å². The maximum atomic E-state index is 12.5. The van der Waals surface area contributed by atoms with Gasteiger partial charge in [-0.1, -0.05) is 13.3 Å². The number of thiazole rings is 1. The van der Waals surface area contributed by atoms with Crippen molar-refractivity contribution in [2.24, 2.45) is 4.99 Å². The predicted molar refractivity (Wildman–Crippen MR) is 106 cm³/mol. The number of nitrogens with one attached hydrogen (secondary N) is 2. The van der Waals surface area contributed by atoms with E-state index in [1.165, 1.54) is 12.8 Å². The van der Waals surface area contributed by atoms with E-state index in [2.05, 4.69) is 32.4 Å². The normalized spacial score (nSPS) is 19.4. The number of rotatable bonds is 5. The first-order valence-corrected chi connectivity index (χ1v) is 9.02. The fourth-order valence-electron chi connectivity index (χ4n) is 2.82. The lowest BCUT2D eigenvalue weighted by Crippen LogP contribution is -2.48. The number of alkyl halides is 3. The minimum atomic E-state index is -4.39. The Balaban J connectivity index is 0.00000312. The molecule has 0 bridgehead atoms. The van der Waals surface area contributed by atoms with Gasteiger partial charge in [-0.05, 0) is 25.9 Å². The standard InChI is InChI=1S/C15H24F3N5S.HI/c1-3-23-7-5-4-6-11(23)8-20-14(19-2)21-9-13-22-12(10-24-13)15(16,17)18;/h10-11H,3-9H2,1-2H3,(H2,19,20,21);1H. The zero-order valence-electron chi connectivity index (χ0n) is 14.4. The Bertz CT molecular complexity index is 550. The van der Waals surface area contributed by atoms with E-state index in [0.717, 1.165) is 42.8 Å². The van der Waals surface area contributed by atoms with Gasteiger partial charge in [-0.3, -0.25) is 9.89 Å². The molecule has 2 N–H and O–H groups in total. The molecule has 1 saturated heterocycles. The molecule has 2 heterocycles. The van der Waals surface area contributed by atoms with Gasteiger partial charge in [-0.2, -0.15) is 13.2 Å². The predicted octanol–water partition coefficient (Wildman–Crippen LogP) is 3.32. The van der Waals surface area contributed by atoms with E-state index in [0.29, 0.717) is 17.0 Å². The van der Waals surface area contributed by atoms with Gasteiger partial charge >= 0.3 is 6.18 Å². The molecule has 0 aromatic carbocycles. The van der Waals surface area contributed by atoms with Crippen molar-refractivity contribution in [3.63, 3.8) is 0 Å². The fraction of sp³-hybridized carbons (Fsp3) is 0.733. The van der Waals surface area contributed by atoms with E-state index in [-0.39, 0.29) is 30.5 Å². The molecule has 1 aromatic rings. The first kappa shape index (κ1) is 22.4. The Kier molecular flexibility index (Phi) is 9.43. The van der Waals surface area contributed by atoms with Crippen LogP contribution >= 0.6 is 35.3 Å². The highest BCUT2D eigenvalue weighted by atomic mass is 127. The highest BCUT2D eigenvalue weighted by molar-refractivity contribution is 14.0. The second-order valence-electron chi connectivity index (χ2n) is 5.71. The number of aromatic nitrogens is 1. The molecule has 1 fully saturated rings. The molecule has 0 aliphatic carbocycles. The first-order chi connectivity index (χ1) is 11.4. The van der Waals surface area contributed by atoms with Crippen LogP contribution in [0.2, 0.25) is 0 Å². The van der Waals surface area contributed by atoms with Crippen LogP contribution in [-0.4, -0.2) is 48.6 Å². The van der Waals surface area contributed by atoms with Crippen molar-refractivity contribution in [2.75, 3.05) is 26.7 Å². The monoisotopic (exact) mass is 491 g/mol. The third-order valence-corrected chi connectivity index (χ3v) is 4.98. The smallest absolute Gasteiger partial charge is 0.355 e. The summed E-state index contributed by atoms with van der Waals surface area (Å²) in [7, 11) is 1.65. The lowest BCUT2D eigenvalue weighted by atomic mass is 10.0. The zero-order valence-corrected chi connectivity index (χ0v) is 17.5. The van der Waals surface area contributed by atoms with E-state index in [9.17, 15) is 13.2 Å². The summed E-state index contributed by atoms with van der Waals surface area (Å²) in [6, 6.07) is 0.471. The summed E-state index contributed by atoms with van der Waals surface area (Å²) in [5, 5.41) is 7.71. The fourth-order valence-corrected chi connectivity index (χ4v) is 3.56. The van der Waals surface area contributed by atoms with Crippen LogP contribution < -0.4 is 10.6 Å². The summed E-state index contributed by atoms with van der Waals surface area (Å²) < 4.78 is 37.6. The van der Waals surface area contributed by atoms with Gasteiger partial charge in [0.05, 0.1) is 6.54 Å². The molecule has 25 heavy (non-hydrogen) atoms. The van der Waals surface area contributed by atoms with Gasteiger partial charge < -0.3 is 10.6 Å². The molecule has 0 radical (unpaired) electrons. The number of aliphatic imine (C=N–C) groups is 1. The van der Waals surface area contributed by atoms with E-state index in [4.69, 9.17) is 0 Å². The number of likely N-dealkylation sites (N-methyl/N-ethyl adjacent to an activating group) is 1. The van der Waals surface area contributed by atoms with Crippen molar-refractivity contribution in [1.29, 1.82) is 0 Å². The lowest BCUT2D eigenvalue weighted by molar-refractivity contribution is -0.140. The van der Waals surface area contributed by atoms with Crippen LogP contribution in [0.4, 0.5) is 13.2 Å². The quantitative estimate of drug-likeness (QED) is 0.377. The molecule has 1 unspecified atom stereocenters. The Morgan fingerprint density at radius 3 is 2.76 bits per heavy atom. The molecule has 1 aliphatic rings. The van der Waals surface area contributed by atoms with E-state index >= 15 is 0 Å². The number of hydrogen-bond donors (Lipinski definition) is 2. The van der Waals surface area contributed by atoms with Crippen molar-refractivity contribution in [2.45, 2.75) is 44.9 Å². The van der Waals surface area contributed by atoms with Crippen molar-refractivity contribution in [3.8, 4) is 0 Å². The maximum absolute atomic E-state index is 12.5. The van der Waals surface area contributed by atoms with Gasteiger partial charge in [0.1, 0.15) is 5.01 Å². The van der Waals surface area contributed by atoms with E-state index in [1.807, 2.05) is 0 Å². The van der Waals surface area contributed by atoms with Gasteiger partial charge in [0.25, 0.3) is 0 Å². The molecule has 144 valence electrons. The van der Waals surface area contributed by atoms with Crippen LogP contribution in [-0.2, 0) is 12.7 Å². The van der Waals surface area contributed by atoms with Crippen LogP contribution in [0.1, 0.15) is 36.9 Å². The van der Waals surface area contributed by atoms with Gasteiger partial charge in [0.15, 0.2) is 11.7 Å². The summed E-state index contributed by atoms with van der Waals surface area (Å²) in [4.78, 5) is 10.2. The van der Waals surface area contributed by atoms with Crippen LogP contribution in [0.25, 0.3) is 0 Å². The average molecular weight is 491 g/mol. The van der Waals surface area contributed by atoms with Crippen molar-refractivity contribution in [1.82, 2.24) is 20.5 Å². The van der Waals surface area contributed by atoms with Gasteiger partial charge in [-0.25, -0.2) is 4.98 Å². The maximum Gasteiger partial charge on any atom is 0.434 e. The Labute approximate surface area is 167 Å². The number of hydrogen-bond acceptors (Lipinski definition) is 4. The van der Waals surface area contributed by atoms with Crippen LogP contribution in [0.5, 0.6) is 0 Å². The minimum absolute atomic E-state index is 0. The number of halogens is 4. The molecule has 10 heteroatoms. The highest BCUT2D eigenvalue weighted by Crippen LogP contribution is 2.29. The van der Waals surface area contributed by atoms with Crippen molar-refractivity contribution < 1.29 is 13.2 Å². The molecule has 1 atom stereocenters. The summed E-state index contributed by atoms with van der Waals surface area (Å²) in [6.07, 6.45) is -0.768. The Morgan fingerprint density at radius 1 is 1.40 bits per heavy atom. The average Bonchev–Trinajstić information content (AvgIpc) is 3.04. The molecular formula is C15H25F3IN5S. The van der Waals surface area contributed by atoms with Gasteiger partial charge in [-0.15, -0.1) is 35.3 Å². The SMILES string of the molecule is CCN1CCCCC1CNC(=NC)NCc1nc(C(F)(F)F)cs1.I. The summed E-state index contributed by atoms with van der Waals surface area (Å²) >= 11 is 0.994. The van der Waals surface area contributed by atoms with Crippen LogP contribution in [0.15, 0.2) is 10.4 Å². The summed E-state index contributed by atoms with van der Waals surface area (Å²) in [6.45, 7) is 5.31. The van der Waals surface area contributed by atoms with Crippen molar-refractivity contribution in [3.05, 3.63) is 16.1 Å². The Morgan fingerprint density at radius 2 is 2.16 bits per heavy atom. The molecule has 1 aliphatic heterocycles. The topological polar surface area (TPSA) is 52.5 Å². The van der Waals surface area contributed by atoms with E-state index < -0.39 is 11.9 Å². The molecule has 0 amide bonds. The largest absolute Gasteiger partial charge is 0.434 e. The third kappa shape index (κ3) is 6.89. The highest BCUT2D eigenvalue weighted by Gasteiger charge is 2.33. The second-order valence-corrected chi connectivity index (χ2v) is 6.65.